The highest BCUT2D eigenvalue weighted by Crippen LogP contribution is 2.26. The van der Waals surface area contributed by atoms with Gasteiger partial charge in [0.1, 0.15) is 23.0 Å². The van der Waals surface area contributed by atoms with Crippen molar-refractivity contribution < 1.29 is 31.8 Å². The van der Waals surface area contributed by atoms with E-state index in [0.717, 1.165) is 30.8 Å². The molecule has 0 atom stereocenters. The number of hydrogen-bond donors (Lipinski definition) is 2. The smallest absolute Gasteiger partial charge is 0.410 e. The Morgan fingerprint density at radius 2 is 1.68 bits per heavy atom. The Morgan fingerprint density at radius 3 is 2.26 bits per heavy atom. The number of hydrogen-bond acceptors (Lipinski definition) is 6. The summed E-state index contributed by atoms with van der Waals surface area (Å²) < 4.78 is 63.6. The van der Waals surface area contributed by atoms with Gasteiger partial charge < -0.3 is 20.1 Å². The fourth-order valence-corrected chi connectivity index (χ4v) is 3.65. The maximum atomic E-state index is 13.3. The Labute approximate surface area is 218 Å². The van der Waals surface area contributed by atoms with Crippen LogP contribution in [0.25, 0.3) is 5.57 Å². The SMILES string of the molecule is C=C(F)/C=C\C(=C\C(F)(F)F)c1cc(CNC2=NCCC2)cc(C(=O)NCc2cc(OC)cc(OC)c2)n1. The Bertz CT molecular complexity index is 1250. The molecule has 2 heterocycles. The second kappa shape index (κ2) is 12.9. The summed E-state index contributed by atoms with van der Waals surface area (Å²) in [4.78, 5) is 21.5. The van der Waals surface area contributed by atoms with Crippen LogP contribution >= 0.6 is 0 Å². The van der Waals surface area contributed by atoms with Gasteiger partial charge in [-0.15, -0.1) is 0 Å². The third-order valence-electron chi connectivity index (χ3n) is 5.41. The molecule has 7 nitrogen and oxygen atoms in total. The number of ether oxygens (including phenoxy) is 2. The van der Waals surface area contributed by atoms with Crippen molar-refractivity contribution in [1.29, 1.82) is 0 Å². The molecule has 0 spiro atoms. The van der Waals surface area contributed by atoms with Gasteiger partial charge in [-0.3, -0.25) is 9.79 Å². The summed E-state index contributed by atoms with van der Waals surface area (Å²) in [6.45, 7) is 4.03. The number of pyridine rings is 1. The summed E-state index contributed by atoms with van der Waals surface area (Å²) >= 11 is 0. The van der Waals surface area contributed by atoms with Gasteiger partial charge in [-0.2, -0.15) is 13.2 Å². The number of methoxy groups -OCH3 is 2. The number of amidine groups is 1. The van der Waals surface area contributed by atoms with E-state index in [1.807, 2.05) is 0 Å². The largest absolute Gasteiger partial charge is 0.497 e. The van der Waals surface area contributed by atoms with E-state index >= 15 is 0 Å². The minimum absolute atomic E-state index is 0.00274. The first-order valence-corrected chi connectivity index (χ1v) is 11.7. The molecule has 0 bridgehead atoms. The molecule has 1 aromatic carbocycles. The number of halogens is 4. The number of nitrogens with one attached hydrogen (secondary N) is 2. The highest BCUT2D eigenvalue weighted by molar-refractivity contribution is 5.93. The predicted octanol–water partition coefficient (Wildman–Crippen LogP) is 5.30. The Morgan fingerprint density at radius 1 is 1.03 bits per heavy atom. The number of allylic oxidation sites excluding steroid dienone is 5. The summed E-state index contributed by atoms with van der Waals surface area (Å²) in [7, 11) is 3.00. The molecule has 0 unspecified atom stereocenters. The van der Waals surface area contributed by atoms with Crippen LogP contribution in [0.3, 0.4) is 0 Å². The van der Waals surface area contributed by atoms with Crippen molar-refractivity contribution in [3.05, 3.63) is 83.5 Å². The van der Waals surface area contributed by atoms with Gasteiger partial charge in [0.15, 0.2) is 0 Å². The Hall–Kier alpha value is -4.15. The first-order valence-electron chi connectivity index (χ1n) is 11.7. The normalized spacial score (nSPS) is 13.8. The number of nitrogens with zero attached hydrogens (tertiary/aromatic N) is 2. The van der Waals surface area contributed by atoms with Crippen LogP contribution in [0.4, 0.5) is 17.6 Å². The van der Waals surface area contributed by atoms with E-state index < -0.39 is 23.5 Å². The first-order chi connectivity index (χ1) is 18.1. The fraction of sp³-hybridized carbons (Fsp3) is 0.296. The molecule has 3 rings (SSSR count). The molecular weight excluding hydrogens is 504 g/mol. The number of carbonyl (C=O) groups is 1. The van der Waals surface area contributed by atoms with Crippen molar-refractivity contribution >= 4 is 17.3 Å². The summed E-state index contributed by atoms with van der Waals surface area (Å²) in [6, 6.07) is 8.00. The lowest BCUT2D eigenvalue weighted by atomic mass is 10.1. The molecule has 1 aliphatic heterocycles. The maximum absolute atomic E-state index is 13.3. The van der Waals surface area contributed by atoms with Crippen LogP contribution in [0.5, 0.6) is 11.5 Å². The number of benzene rings is 1. The predicted molar refractivity (Wildman–Crippen MR) is 137 cm³/mol. The molecule has 0 aliphatic carbocycles. The molecule has 1 aliphatic rings. The summed E-state index contributed by atoms with van der Waals surface area (Å²) in [5, 5.41) is 5.86. The zero-order valence-electron chi connectivity index (χ0n) is 21.0. The summed E-state index contributed by atoms with van der Waals surface area (Å²) in [6.07, 6.45) is -1.33. The molecule has 0 saturated heterocycles. The van der Waals surface area contributed by atoms with Crippen molar-refractivity contribution in [1.82, 2.24) is 15.6 Å². The monoisotopic (exact) mass is 532 g/mol. The van der Waals surface area contributed by atoms with E-state index in [1.54, 1.807) is 18.2 Å². The second-order valence-electron chi connectivity index (χ2n) is 8.36. The van der Waals surface area contributed by atoms with Crippen molar-refractivity contribution in [2.24, 2.45) is 4.99 Å². The van der Waals surface area contributed by atoms with Gasteiger partial charge in [0.25, 0.3) is 5.91 Å². The van der Waals surface area contributed by atoms with E-state index in [-0.39, 0.29) is 30.6 Å². The van der Waals surface area contributed by atoms with Gasteiger partial charge in [-0.25, -0.2) is 9.37 Å². The van der Waals surface area contributed by atoms with Crippen molar-refractivity contribution in [3.8, 4) is 11.5 Å². The molecule has 0 radical (unpaired) electrons. The zero-order chi connectivity index (χ0) is 27.7. The van der Waals surface area contributed by atoms with Gasteiger partial charge in [0, 0.05) is 43.8 Å². The van der Waals surface area contributed by atoms with Gasteiger partial charge in [-0.1, -0.05) is 6.58 Å². The minimum atomic E-state index is -4.71. The quantitative estimate of drug-likeness (QED) is 0.321. The van der Waals surface area contributed by atoms with Crippen LogP contribution in [0.2, 0.25) is 0 Å². The van der Waals surface area contributed by atoms with E-state index in [1.165, 1.54) is 26.4 Å². The van der Waals surface area contributed by atoms with E-state index in [9.17, 15) is 22.4 Å². The lowest BCUT2D eigenvalue weighted by molar-refractivity contribution is -0.0793. The lowest BCUT2D eigenvalue weighted by Gasteiger charge is -2.13. The van der Waals surface area contributed by atoms with Crippen molar-refractivity contribution in [3.63, 3.8) is 0 Å². The fourth-order valence-electron chi connectivity index (χ4n) is 3.65. The molecule has 1 amide bonds. The van der Waals surface area contributed by atoms with Crippen molar-refractivity contribution in [2.75, 3.05) is 20.8 Å². The minimum Gasteiger partial charge on any atom is -0.497 e. The molecule has 1 aromatic heterocycles. The third-order valence-corrected chi connectivity index (χ3v) is 5.41. The molecule has 38 heavy (non-hydrogen) atoms. The summed E-state index contributed by atoms with van der Waals surface area (Å²) in [5.41, 5.74) is 0.485. The average Bonchev–Trinajstić information content (AvgIpc) is 3.41. The molecule has 0 saturated carbocycles. The zero-order valence-corrected chi connectivity index (χ0v) is 21.0. The standard InChI is InChI=1S/C27H28F4N4O3/c1-17(28)6-7-20(14-27(29,30)31)23-11-19(15-33-25-5-4-8-32-25)12-24(35-23)26(36)34-16-18-9-21(37-2)13-22(10-18)38-3/h6-7,9-14H,1,4-5,8,15-16H2,2-3H3,(H,32,33)(H,34,36)/b7-6-,20-14-. The lowest BCUT2D eigenvalue weighted by Crippen LogP contribution is -2.25. The number of alkyl halides is 3. The Kier molecular flexibility index (Phi) is 9.64. The van der Waals surface area contributed by atoms with Gasteiger partial charge >= 0.3 is 6.18 Å². The van der Waals surface area contributed by atoms with Crippen LogP contribution in [-0.2, 0) is 13.1 Å². The highest BCUT2D eigenvalue weighted by atomic mass is 19.4. The molecule has 11 heteroatoms. The summed E-state index contributed by atoms with van der Waals surface area (Å²) in [5.74, 6) is 0.293. The maximum Gasteiger partial charge on any atom is 0.410 e. The van der Waals surface area contributed by atoms with Crippen LogP contribution in [0.15, 0.2) is 66.0 Å². The number of carbonyl (C=O) groups excluding carboxylic acids is 1. The van der Waals surface area contributed by atoms with Crippen LogP contribution in [0, 0.1) is 0 Å². The number of aromatic nitrogens is 1. The number of aliphatic imine (C=N–C) groups is 1. The van der Waals surface area contributed by atoms with E-state index in [4.69, 9.17) is 9.47 Å². The van der Waals surface area contributed by atoms with Crippen LogP contribution in [0.1, 0.15) is 40.2 Å². The van der Waals surface area contributed by atoms with E-state index in [0.29, 0.717) is 29.2 Å². The highest BCUT2D eigenvalue weighted by Gasteiger charge is 2.25. The molecule has 2 aromatic rings. The topological polar surface area (TPSA) is 84.8 Å². The van der Waals surface area contributed by atoms with Crippen LogP contribution in [-0.4, -0.2) is 43.7 Å². The second-order valence-corrected chi connectivity index (χ2v) is 8.36. The first kappa shape index (κ1) is 28.4. The number of amides is 1. The molecular formula is C27H28F4N4O3. The van der Waals surface area contributed by atoms with Gasteiger partial charge in [-0.05, 0) is 54.0 Å². The third kappa shape index (κ3) is 8.75. The van der Waals surface area contributed by atoms with Crippen LogP contribution < -0.4 is 20.1 Å². The average molecular weight is 533 g/mol. The number of rotatable bonds is 10. The van der Waals surface area contributed by atoms with Gasteiger partial charge in [0.2, 0.25) is 0 Å². The van der Waals surface area contributed by atoms with E-state index in [2.05, 4.69) is 27.2 Å². The molecule has 0 fully saturated rings. The molecule has 2 N–H and O–H groups in total. The van der Waals surface area contributed by atoms with Gasteiger partial charge in [0.05, 0.1) is 25.7 Å². The Balaban J connectivity index is 1.94. The molecule has 202 valence electrons. The van der Waals surface area contributed by atoms with Crippen molar-refractivity contribution in [2.45, 2.75) is 32.1 Å².